The second kappa shape index (κ2) is 8.04. The third-order valence-electron chi connectivity index (χ3n) is 3.68. The summed E-state index contributed by atoms with van der Waals surface area (Å²) in [5.41, 5.74) is 5.55. The molecule has 16 heavy (non-hydrogen) atoms. The average molecular weight is 228 g/mol. The van der Waals surface area contributed by atoms with Crippen molar-refractivity contribution in [3.63, 3.8) is 0 Å². The Morgan fingerprint density at radius 1 is 1.31 bits per heavy atom. The normalized spacial score (nSPS) is 20.2. The van der Waals surface area contributed by atoms with Crippen LogP contribution in [-0.2, 0) is 4.74 Å². The molecule has 0 amide bonds. The highest BCUT2D eigenvalue weighted by Gasteiger charge is 2.17. The predicted molar refractivity (Wildman–Crippen MR) is 68.5 cm³/mol. The Labute approximate surface area is 100 Å². The zero-order valence-electron chi connectivity index (χ0n) is 11.0. The number of nitrogens with zero attached hydrogens (tertiary/aromatic N) is 1. The first-order valence-corrected chi connectivity index (χ1v) is 6.72. The first kappa shape index (κ1) is 13.9. The van der Waals surface area contributed by atoms with Crippen molar-refractivity contribution in [2.45, 2.75) is 45.1 Å². The molecule has 0 spiro atoms. The summed E-state index contributed by atoms with van der Waals surface area (Å²) in [6.45, 7) is 6.25. The standard InChI is InChI=1S/C13H28N2O/c1-12(5-8-14)4-3-9-15(2)13-6-10-16-11-7-13/h12-13H,3-11,14H2,1-2H3. The van der Waals surface area contributed by atoms with Gasteiger partial charge in [0.05, 0.1) is 0 Å². The van der Waals surface area contributed by atoms with Gasteiger partial charge in [-0.25, -0.2) is 0 Å². The van der Waals surface area contributed by atoms with Gasteiger partial charge in [0.25, 0.3) is 0 Å². The van der Waals surface area contributed by atoms with Crippen LogP contribution in [0.3, 0.4) is 0 Å². The van der Waals surface area contributed by atoms with Crippen LogP contribution in [0.15, 0.2) is 0 Å². The fourth-order valence-corrected chi connectivity index (χ4v) is 2.43. The van der Waals surface area contributed by atoms with Gasteiger partial charge in [0.2, 0.25) is 0 Å². The van der Waals surface area contributed by atoms with Crippen molar-refractivity contribution < 1.29 is 4.74 Å². The van der Waals surface area contributed by atoms with E-state index in [0.717, 1.165) is 31.7 Å². The van der Waals surface area contributed by atoms with E-state index in [1.165, 1.54) is 38.6 Å². The summed E-state index contributed by atoms with van der Waals surface area (Å²) in [4.78, 5) is 2.51. The smallest absolute Gasteiger partial charge is 0.0480 e. The molecule has 2 N–H and O–H groups in total. The molecular formula is C13H28N2O. The lowest BCUT2D eigenvalue weighted by molar-refractivity contribution is 0.0423. The molecule has 0 aliphatic carbocycles. The first-order chi connectivity index (χ1) is 7.74. The molecule has 96 valence electrons. The number of rotatable bonds is 7. The van der Waals surface area contributed by atoms with E-state index < -0.39 is 0 Å². The summed E-state index contributed by atoms with van der Waals surface area (Å²) >= 11 is 0. The Hall–Kier alpha value is -0.120. The molecule has 1 unspecified atom stereocenters. The van der Waals surface area contributed by atoms with Gasteiger partial charge in [-0.2, -0.15) is 0 Å². The number of nitrogens with two attached hydrogens (primary N) is 1. The predicted octanol–water partition coefficient (Wildman–Crippen LogP) is 1.86. The summed E-state index contributed by atoms with van der Waals surface area (Å²) in [6, 6.07) is 0.749. The van der Waals surface area contributed by atoms with Crippen molar-refractivity contribution in [3.05, 3.63) is 0 Å². The highest BCUT2D eigenvalue weighted by atomic mass is 16.5. The van der Waals surface area contributed by atoms with E-state index in [1.54, 1.807) is 0 Å². The van der Waals surface area contributed by atoms with Gasteiger partial charge in [-0.15, -0.1) is 0 Å². The third kappa shape index (κ3) is 5.28. The summed E-state index contributed by atoms with van der Waals surface area (Å²) in [5.74, 6) is 0.785. The second-order valence-electron chi connectivity index (χ2n) is 5.15. The van der Waals surface area contributed by atoms with E-state index in [9.17, 15) is 0 Å². The van der Waals surface area contributed by atoms with Crippen LogP contribution in [0.25, 0.3) is 0 Å². The van der Waals surface area contributed by atoms with E-state index in [4.69, 9.17) is 10.5 Å². The summed E-state index contributed by atoms with van der Waals surface area (Å²) in [5, 5.41) is 0. The molecule has 0 aromatic carbocycles. The van der Waals surface area contributed by atoms with E-state index in [1.807, 2.05) is 0 Å². The number of hydrogen-bond donors (Lipinski definition) is 1. The topological polar surface area (TPSA) is 38.5 Å². The summed E-state index contributed by atoms with van der Waals surface area (Å²) in [7, 11) is 2.25. The van der Waals surface area contributed by atoms with Crippen molar-refractivity contribution in [2.24, 2.45) is 11.7 Å². The van der Waals surface area contributed by atoms with Crippen LogP contribution >= 0.6 is 0 Å². The maximum Gasteiger partial charge on any atom is 0.0480 e. The van der Waals surface area contributed by atoms with Crippen LogP contribution in [-0.4, -0.2) is 44.3 Å². The molecule has 0 aromatic rings. The number of ether oxygens (including phenoxy) is 1. The van der Waals surface area contributed by atoms with Crippen LogP contribution in [0.2, 0.25) is 0 Å². The first-order valence-electron chi connectivity index (χ1n) is 6.72. The van der Waals surface area contributed by atoms with Crippen molar-refractivity contribution in [3.8, 4) is 0 Å². The molecule has 1 fully saturated rings. The van der Waals surface area contributed by atoms with Crippen LogP contribution in [0, 0.1) is 5.92 Å². The van der Waals surface area contributed by atoms with Gasteiger partial charge in [0.15, 0.2) is 0 Å². The van der Waals surface area contributed by atoms with Crippen molar-refractivity contribution in [1.29, 1.82) is 0 Å². The fourth-order valence-electron chi connectivity index (χ4n) is 2.43. The van der Waals surface area contributed by atoms with Crippen molar-refractivity contribution >= 4 is 0 Å². The lowest BCUT2D eigenvalue weighted by atomic mass is 10.0. The molecule has 0 radical (unpaired) electrons. The van der Waals surface area contributed by atoms with Crippen molar-refractivity contribution in [2.75, 3.05) is 33.4 Å². The van der Waals surface area contributed by atoms with Crippen molar-refractivity contribution in [1.82, 2.24) is 4.90 Å². The molecule has 3 heteroatoms. The number of hydrogen-bond acceptors (Lipinski definition) is 3. The van der Waals surface area contributed by atoms with Crippen LogP contribution in [0.1, 0.15) is 39.0 Å². The molecule has 1 heterocycles. The third-order valence-corrected chi connectivity index (χ3v) is 3.68. The van der Waals surface area contributed by atoms with Crippen LogP contribution < -0.4 is 5.73 Å². The zero-order chi connectivity index (χ0) is 11.8. The molecule has 0 aromatic heterocycles. The molecule has 1 atom stereocenters. The molecular weight excluding hydrogens is 200 g/mol. The van der Waals surface area contributed by atoms with Gasteiger partial charge in [-0.1, -0.05) is 6.92 Å². The van der Waals surface area contributed by atoms with Gasteiger partial charge in [0.1, 0.15) is 0 Å². The molecule has 0 bridgehead atoms. The maximum atomic E-state index is 5.55. The van der Waals surface area contributed by atoms with E-state index >= 15 is 0 Å². The lowest BCUT2D eigenvalue weighted by Gasteiger charge is -2.31. The molecule has 1 saturated heterocycles. The Kier molecular flexibility index (Phi) is 7.01. The summed E-state index contributed by atoms with van der Waals surface area (Å²) < 4.78 is 5.38. The quantitative estimate of drug-likeness (QED) is 0.723. The SMILES string of the molecule is CC(CCN)CCCN(C)C1CCOCC1. The highest BCUT2D eigenvalue weighted by Crippen LogP contribution is 2.15. The largest absolute Gasteiger partial charge is 0.381 e. The minimum Gasteiger partial charge on any atom is -0.381 e. The van der Waals surface area contributed by atoms with Gasteiger partial charge in [-0.3, -0.25) is 0 Å². The molecule has 1 rings (SSSR count). The highest BCUT2D eigenvalue weighted by molar-refractivity contribution is 4.72. The Morgan fingerprint density at radius 2 is 2.00 bits per heavy atom. The maximum absolute atomic E-state index is 5.55. The molecule has 1 aliphatic rings. The van der Waals surface area contributed by atoms with Gasteiger partial charge < -0.3 is 15.4 Å². The molecule has 3 nitrogen and oxygen atoms in total. The van der Waals surface area contributed by atoms with E-state index in [2.05, 4.69) is 18.9 Å². The second-order valence-corrected chi connectivity index (χ2v) is 5.15. The Balaban J connectivity index is 2.07. The summed E-state index contributed by atoms with van der Waals surface area (Å²) in [6.07, 6.45) is 6.18. The van der Waals surface area contributed by atoms with Crippen LogP contribution in [0.4, 0.5) is 0 Å². The monoisotopic (exact) mass is 228 g/mol. The fraction of sp³-hybridized carbons (Fsp3) is 1.00. The molecule has 0 saturated carbocycles. The Bertz CT molecular complexity index is 169. The molecule has 1 aliphatic heterocycles. The van der Waals surface area contributed by atoms with Gasteiger partial charge >= 0.3 is 0 Å². The Morgan fingerprint density at radius 3 is 2.62 bits per heavy atom. The minimum atomic E-state index is 0.749. The average Bonchev–Trinajstić information content (AvgIpc) is 2.30. The van der Waals surface area contributed by atoms with Gasteiger partial charge in [-0.05, 0) is 58.2 Å². The zero-order valence-corrected chi connectivity index (χ0v) is 11.0. The lowest BCUT2D eigenvalue weighted by Crippen LogP contribution is -2.37. The minimum absolute atomic E-state index is 0.749. The van der Waals surface area contributed by atoms with Gasteiger partial charge in [0, 0.05) is 19.3 Å². The van der Waals surface area contributed by atoms with E-state index in [-0.39, 0.29) is 0 Å². The van der Waals surface area contributed by atoms with Crippen LogP contribution in [0.5, 0.6) is 0 Å². The van der Waals surface area contributed by atoms with E-state index in [0.29, 0.717) is 0 Å².